The molecule has 0 aliphatic carbocycles. The summed E-state index contributed by atoms with van der Waals surface area (Å²) in [6.45, 7) is 14.9. The predicted molar refractivity (Wildman–Crippen MR) is 183 cm³/mol. The highest BCUT2D eigenvalue weighted by Gasteiger charge is 2.35. The minimum atomic E-state index is -1.22. The number of ether oxygens (including phenoxy) is 1. The summed E-state index contributed by atoms with van der Waals surface area (Å²) in [5.41, 5.74) is 3.07. The first-order valence-corrected chi connectivity index (χ1v) is 20.3. The molecule has 1 aromatic carbocycles. The van der Waals surface area contributed by atoms with Gasteiger partial charge in [0, 0.05) is 50.9 Å². The van der Waals surface area contributed by atoms with Crippen LogP contribution in [0, 0.1) is 11.8 Å². The van der Waals surface area contributed by atoms with E-state index in [0.717, 1.165) is 60.2 Å². The maximum atomic E-state index is 13.9. The number of benzene rings is 1. The Labute approximate surface area is 272 Å². The van der Waals surface area contributed by atoms with E-state index < -0.39 is 19.9 Å². The predicted octanol–water partition coefficient (Wildman–Crippen LogP) is 5.54. The molecule has 2 aliphatic heterocycles. The second kappa shape index (κ2) is 13.2. The van der Waals surface area contributed by atoms with Gasteiger partial charge in [-0.15, -0.1) is 0 Å². The molecule has 246 valence electrons. The molecule has 2 saturated heterocycles. The smallest absolute Gasteiger partial charge is 0.314 e. The van der Waals surface area contributed by atoms with Gasteiger partial charge in [-0.25, -0.2) is 4.68 Å². The van der Waals surface area contributed by atoms with Crippen LogP contribution in [0.5, 0.6) is 0 Å². The van der Waals surface area contributed by atoms with Crippen LogP contribution in [0.1, 0.15) is 50.8 Å². The van der Waals surface area contributed by atoms with Gasteiger partial charge in [-0.2, -0.15) is 10.2 Å². The number of anilines is 1. The van der Waals surface area contributed by atoms with Crippen LogP contribution in [0.3, 0.4) is 0 Å². The third kappa shape index (κ3) is 7.03. The van der Waals surface area contributed by atoms with Crippen molar-refractivity contribution < 1.29 is 14.3 Å². The molecule has 6 rings (SSSR count). The molecule has 12 heteroatoms. The number of piperidine rings is 2. The van der Waals surface area contributed by atoms with Crippen molar-refractivity contribution in [2.45, 2.75) is 77.6 Å². The Hall–Kier alpha value is -3.61. The fraction of sp³-hybridized carbons (Fsp3) is 0.559. The van der Waals surface area contributed by atoms with Crippen LogP contribution in [0.4, 0.5) is 5.69 Å². The summed E-state index contributed by atoms with van der Waals surface area (Å²) in [5, 5.41) is 14.2. The lowest BCUT2D eigenvalue weighted by Gasteiger charge is -2.38. The van der Waals surface area contributed by atoms with Crippen LogP contribution in [-0.4, -0.2) is 87.5 Å². The van der Waals surface area contributed by atoms with Crippen molar-refractivity contribution >= 4 is 47.4 Å². The van der Waals surface area contributed by atoms with Gasteiger partial charge in [-0.1, -0.05) is 45.6 Å². The number of carbonyl (C=O) groups is 2. The van der Waals surface area contributed by atoms with Crippen LogP contribution in [0.15, 0.2) is 43.0 Å². The van der Waals surface area contributed by atoms with Crippen LogP contribution in [-0.2, 0) is 21.1 Å². The number of hydrogen-bond acceptors (Lipinski definition) is 7. The summed E-state index contributed by atoms with van der Waals surface area (Å²) < 4.78 is 9.79. The second-order valence-electron chi connectivity index (χ2n) is 14.7. The Morgan fingerprint density at radius 3 is 2.65 bits per heavy atom. The van der Waals surface area contributed by atoms with Crippen molar-refractivity contribution in [1.82, 2.24) is 34.3 Å². The van der Waals surface area contributed by atoms with Gasteiger partial charge in [-0.05, 0) is 62.4 Å². The molecule has 2 aliphatic rings. The number of nitrogens with zero attached hydrogens (tertiary/aromatic N) is 7. The normalized spacial score (nSPS) is 22.9. The summed E-state index contributed by atoms with van der Waals surface area (Å²) in [4.78, 5) is 35.8. The Morgan fingerprint density at radius 1 is 1.04 bits per heavy atom. The number of likely N-dealkylation sites (tertiary alicyclic amines) is 2. The van der Waals surface area contributed by atoms with E-state index in [1.54, 1.807) is 28.2 Å². The molecule has 0 saturated carbocycles. The van der Waals surface area contributed by atoms with Gasteiger partial charge in [0.15, 0.2) is 0 Å². The molecular formula is C34H48N8O3Si. The maximum absolute atomic E-state index is 13.9. The Bertz CT molecular complexity index is 1710. The number of fused-ring (bicyclic) bond motifs is 2. The van der Waals surface area contributed by atoms with Gasteiger partial charge in [0.05, 0.1) is 41.2 Å². The highest BCUT2D eigenvalue weighted by Crippen LogP contribution is 2.36. The van der Waals surface area contributed by atoms with Gasteiger partial charge in [0.1, 0.15) is 6.73 Å². The van der Waals surface area contributed by atoms with Crippen molar-refractivity contribution in [2.24, 2.45) is 11.8 Å². The maximum Gasteiger partial charge on any atom is 0.314 e. The third-order valence-corrected chi connectivity index (χ3v) is 11.3. The Morgan fingerprint density at radius 2 is 1.87 bits per heavy atom. The Balaban J connectivity index is 1.19. The SMILES string of the molecule is CC1CCC(c2ccc3cn(C4CCN(C)CC4C)nc3c2)N(C(=O)C(=O)Nc2cncc3cnn(COCC[Si](C)(C)C)c23)C1. The van der Waals surface area contributed by atoms with E-state index in [4.69, 9.17) is 9.84 Å². The summed E-state index contributed by atoms with van der Waals surface area (Å²) >= 11 is 0. The first kappa shape index (κ1) is 32.3. The molecule has 1 N–H and O–H groups in total. The minimum Gasteiger partial charge on any atom is -0.360 e. The number of hydrogen-bond donors (Lipinski definition) is 1. The van der Waals surface area contributed by atoms with E-state index in [1.807, 2.05) is 0 Å². The van der Waals surface area contributed by atoms with E-state index in [2.05, 4.69) is 89.9 Å². The topological polar surface area (TPSA) is 110 Å². The van der Waals surface area contributed by atoms with Crippen LogP contribution in [0.2, 0.25) is 25.7 Å². The summed E-state index contributed by atoms with van der Waals surface area (Å²) in [6.07, 6.45) is 9.97. The Kier molecular flexibility index (Phi) is 9.31. The average Bonchev–Trinajstić information content (AvgIpc) is 3.62. The van der Waals surface area contributed by atoms with E-state index in [-0.39, 0.29) is 12.8 Å². The number of nitrogens with one attached hydrogen (secondary N) is 1. The van der Waals surface area contributed by atoms with Crippen molar-refractivity contribution in [3.8, 4) is 0 Å². The molecule has 2 fully saturated rings. The summed E-state index contributed by atoms with van der Waals surface area (Å²) in [6, 6.07) is 7.52. The van der Waals surface area contributed by atoms with Gasteiger partial charge in [0.2, 0.25) is 0 Å². The number of pyridine rings is 1. The number of rotatable bonds is 8. The zero-order valence-electron chi connectivity index (χ0n) is 28.1. The average molecular weight is 645 g/mol. The molecule has 4 atom stereocenters. The molecule has 0 spiro atoms. The lowest BCUT2D eigenvalue weighted by atomic mass is 9.89. The first-order valence-electron chi connectivity index (χ1n) is 16.6. The largest absolute Gasteiger partial charge is 0.360 e. The fourth-order valence-electron chi connectivity index (χ4n) is 6.95. The van der Waals surface area contributed by atoms with Crippen LogP contribution >= 0.6 is 0 Å². The fourth-order valence-corrected chi connectivity index (χ4v) is 7.71. The van der Waals surface area contributed by atoms with Crippen LogP contribution < -0.4 is 5.32 Å². The molecule has 0 radical (unpaired) electrons. The molecule has 5 heterocycles. The van der Waals surface area contributed by atoms with Crippen molar-refractivity contribution in [3.63, 3.8) is 0 Å². The second-order valence-corrected chi connectivity index (χ2v) is 20.4. The van der Waals surface area contributed by atoms with E-state index >= 15 is 0 Å². The highest BCUT2D eigenvalue weighted by atomic mass is 28.3. The first-order chi connectivity index (χ1) is 22.0. The van der Waals surface area contributed by atoms with E-state index in [9.17, 15) is 9.59 Å². The van der Waals surface area contributed by atoms with Gasteiger partial charge >= 0.3 is 11.8 Å². The van der Waals surface area contributed by atoms with Crippen molar-refractivity contribution in [3.05, 3.63) is 48.5 Å². The highest BCUT2D eigenvalue weighted by molar-refractivity contribution is 6.76. The van der Waals surface area contributed by atoms with Gasteiger partial charge in [-0.3, -0.25) is 19.3 Å². The quantitative estimate of drug-likeness (QED) is 0.152. The molecule has 3 aromatic heterocycles. The summed E-state index contributed by atoms with van der Waals surface area (Å²) in [5.74, 6) is -0.415. The molecule has 0 bridgehead atoms. The zero-order chi connectivity index (χ0) is 32.6. The molecule has 11 nitrogen and oxygen atoms in total. The third-order valence-electron chi connectivity index (χ3n) is 9.61. The molecule has 4 aromatic rings. The number of aromatic nitrogens is 5. The van der Waals surface area contributed by atoms with Crippen molar-refractivity contribution in [1.29, 1.82) is 0 Å². The van der Waals surface area contributed by atoms with Crippen molar-refractivity contribution in [2.75, 3.05) is 38.6 Å². The lowest BCUT2D eigenvalue weighted by Crippen LogP contribution is -2.46. The molecule has 2 amide bonds. The standard InChI is InChI=1S/C34H48N8O3Si/c1-23-7-10-31(25-8-9-26-21-41(38-28(26)15-25)30-11-12-39(3)20-24(30)2)40(19-23)34(44)33(43)37-29-18-35-16-27-17-36-42(32(27)29)22-45-13-14-46(4,5)6/h8-9,15-18,21,23-24,30-31H,7,10-14,19-20,22H2,1-6H3,(H,37,43). The van der Waals surface area contributed by atoms with Gasteiger partial charge < -0.3 is 19.9 Å². The number of carbonyl (C=O) groups excluding carboxylic acids is 2. The monoisotopic (exact) mass is 644 g/mol. The van der Waals surface area contributed by atoms with Gasteiger partial charge in [0.25, 0.3) is 0 Å². The molecular weight excluding hydrogens is 597 g/mol. The number of amides is 2. The van der Waals surface area contributed by atoms with E-state index in [0.29, 0.717) is 42.2 Å². The van der Waals surface area contributed by atoms with Crippen LogP contribution in [0.25, 0.3) is 21.8 Å². The lowest BCUT2D eigenvalue weighted by molar-refractivity contribution is -0.146. The van der Waals surface area contributed by atoms with E-state index in [1.165, 1.54) is 0 Å². The minimum absolute atomic E-state index is 0.203. The molecule has 4 unspecified atom stereocenters. The molecule has 46 heavy (non-hydrogen) atoms. The summed E-state index contributed by atoms with van der Waals surface area (Å²) in [7, 11) is 0.951. The zero-order valence-corrected chi connectivity index (χ0v) is 29.1.